The Hall–Kier alpha value is -2.25. The minimum absolute atomic E-state index is 0.0606. The van der Waals surface area contributed by atoms with Crippen molar-refractivity contribution in [2.45, 2.75) is 51.9 Å². The van der Waals surface area contributed by atoms with E-state index in [0.717, 1.165) is 18.5 Å². The first-order chi connectivity index (χ1) is 13.2. The summed E-state index contributed by atoms with van der Waals surface area (Å²) in [4.78, 5) is 15.4. The van der Waals surface area contributed by atoms with Crippen molar-refractivity contribution < 1.29 is 0 Å². The van der Waals surface area contributed by atoms with E-state index in [0.29, 0.717) is 35.2 Å². The molecule has 0 unspecified atom stereocenters. The summed E-state index contributed by atoms with van der Waals surface area (Å²) in [5.74, 6) is 0.577. The SMILES string of the molecule is C=CCn1c(=O)c2ccccc2n2c(=S)n(CN3CCCC[C@@H]3CC)nc12. The minimum Gasteiger partial charge on any atom is -0.281 e. The lowest BCUT2D eigenvalue weighted by molar-refractivity contribution is 0.101. The van der Waals surface area contributed by atoms with Gasteiger partial charge in [0.15, 0.2) is 0 Å². The van der Waals surface area contributed by atoms with Crippen LogP contribution in [0.1, 0.15) is 32.6 Å². The van der Waals surface area contributed by atoms with Crippen molar-refractivity contribution in [2.24, 2.45) is 0 Å². The fraction of sp³-hybridized carbons (Fsp3) is 0.450. The predicted molar refractivity (Wildman–Crippen MR) is 111 cm³/mol. The second-order valence-electron chi connectivity index (χ2n) is 7.15. The monoisotopic (exact) mass is 383 g/mol. The van der Waals surface area contributed by atoms with Gasteiger partial charge in [-0.3, -0.25) is 18.7 Å². The zero-order valence-electron chi connectivity index (χ0n) is 15.7. The minimum atomic E-state index is -0.0606. The Balaban J connectivity index is 1.91. The maximum Gasteiger partial charge on any atom is 0.263 e. The van der Waals surface area contributed by atoms with Crippen LogP contribution in [0, 0.1) is 4.77 Å². The number of hydrogen-bond acceptors (Lipinski definition) is 4. The quantitative estimate of drug-likeness (QED) is 0.499. The first-order valence-corrected chi connectivity index (χ1v) is 10.0. The number of para-hydroxylation sites is 1. The highest BCUT2D eigenvalue weighted by atomic mass is 32.1. The van der Waals surface area contributed by atoms with Crippen LogP contribution >= 0.6 is 12.2 Å². The Morgan fingerprint density at radius 1 is 1.33 bits per heavy atom. The molecule has 27 heavy (non-hydrogen) atoms. The third kappa shape index (κ3) is 3.04. The topological polar surface area (TPSA) is 47.5 Å². The van der Waals surface area contributed by atoms with E-state index in [-0.39, 0.29) is 5.56 Å². The van der Waals surface area contributed by atoms with E-state index in [4.69, 9.17) is 17.3 Å². The number of aromatic nitrogens is 4. The van der Waals surface area contributed by atoms with Crippen LogP contribution in [0.5, 0.6) is 0 Å². The number of benzene rings is 1. The van der Waals surface area contributed by atoms with Crippen molar-refractivity contribution in [3.63, 3.8) is 0 Å². The van der Waals surface area contributed by atoms with Gasteiger partial charge in [0, 0.05) is 19.1 Å². The average Bonchev–Trinajstić information content (AvgIpc) is 3.02. The molecular weight excluding hydrogens is 358 g/mol. The first-order valence-electron chi connectivity index (χ1n) is 9.61. The number of fused-ring (bicyclic) bond motifs is 3. The van der Waals surface area contributed by atoms with Crippen molar-refractivity contribution in [3.05, 3.63) is 52.0 Å². The molecule has 0 bridgehead atoms. The maximum absolute atomic E-state index is 12.9. The van der Waals surface area contributed by atoms with Gasteiger partial charge in [0.25, 0.3) is 5.56 Å². The summed E-state index contributed by atoms with van der Waals surface area (Å²) in [5, 5.41) is 5.40. The van der Waals surface area contributed by atoms with E-state index in [1.165, 1.54) is 19.3 Å². The summed E-state index contributed by atoms with van der Waals surface area (Å²) in [6.45, 7) is 8.16. The summed E-state index contributed by atoms with van der Waals surface area (Å²) >= 11 is 5.78. The highest BCUT2D eigenvalue weighted by Crippen LogP contribution is 2.21. The standard InChI is InChI=1S/C20H25N5OS/c1-3-12-23-18(26)16-10-5-6-11-17(16)25-19(23)21-24(20(25)27)14-22-13-8-7-9-15(22)4-2/h3,5-6,10-11,15H,1,4,7-9,12-14H2,2H3/t15-/m0/s1. The van der Waals surface area contributed by atoms with Crippen molar-refractivity contribution >= 4 is 28.9 Å². The third-order valence-electron chi connectivity index (χ3n) is 5.53. The average molecular weight is 384 g/mol. The first kappa shape index (κ1) is 18.1. The van der Waals surface area contributed by atoms with Gasteiger partial charge in [-0.1, -0.05) is 31.6 Å². The lowest BCUT2D eigenvalue weighted by Gasteiger charge is -2.34. The Kier molecular flexibility index (Phi) is 4.97. The van der Waals surface area contributed by atoms with Gasteiger partial charge in [0.2, 0.25) is 10.5 Å². The van der Waals surface area contributed by atoms with Crippen molar-refractivity contribution in [3.8, 4) is 0 Å². The van der Waals surface area contributed by atoms with Crippen LogP contribution in [0.3, 0.4) is 0 Å². The molecule has 0 radical (unpaired) electrons. The van der Waals surface area contributed by atoms with Crippen LogP contribution in [0.4, 0.5) is 0 Å². The number of allylic oxidation sites excluding steroid dienone is 1. The van der Waals surface area contributed by atoms with Gasteiger partial charge in [-0.2, -0.15) is 0 Å². The summed E-state index contributed by atoms with van der Waals surface area (Å²) < 4.78 is 6.05. The zero-order valence-corrected chi connectivity index (χ0v) is 16.5. The van der Waals surface area contributed by atoms with Crippen LogP contribution < -0.4 is 5.56 Å². The van der Waals surface area contributed by atoms with Gasteiger partial charge in [0.1, 0.15) is 0 Å². The molecule has 0 amide bonds. The molecule has 0 saturated carbocycles. The van der Waals surface area contributed by atoms with Crippen LogP contribution in [-0.2, 0) is 13.2 Å². The van der Waals surface area contributed by atoms with E-state index in [9.17, 15) is 4.79 Å². The van der Waals surface area contributed by atoms with Gasteiger partial charge in [-0.25, -0.2) is 4.68 Å². The molecule has 1 aliphatic heterocycles. The molecule has 3 heterocycles. The normalized spacial score (nSPS) is 18.3. The lowest BCUT2D eigenvalue weighted by atomic mass is 10.0. The Labute approximate surface area is 163 Å². The smallest absolute Gasteiger partial charge is 0.263 e. The van der Waals surface area contributed by atoms with Crippen LogP contribution in [0.2, 0.25) is 0 Å². The van der Waals surface area contributed by atoms with Crippen LogP contribution in [-0.4, -0.2) is 36.2 Å². The molecule has 7 heteroatoms. The number of nitrogens with zero attached hydrogens (tertiary/aromatic N) is 5. The van der Waals surface area contributed by atoms with Crippen LogP contribution in [0.15, 0.2) is 41.7 Å². The number of likely N-dealkylation sites (tertiary alicyclic amines) is 1. The summed E-state index contributed by atoms with van der Waals surface area (Å²) in [5.41, 5.74) is 0.745. The number of hydrogen-bond donors (Lipinski definition) is 0. The van der Waals surface area contributed by atoms with Gasteiger partial charge in [-0.15, -0.1) is 11.7 Å². The van der Waals surface area contributed by atoms with E-state index < -0.39 is 0 Å². The molecule has 1 saturated heterocycles. The number of piperidine rings is 1. The Morgan fingerprint density at radius 2 is 2.15 bits per heavy atom. The van der Waals surface area contributed by atoms with Gasteiger partial charge >= 0.3 is 0 Å². The maximum atomic E-state index is 12.9. The molecule has 6 nitrogen and oxygen atoms in total. The fourth-order valence-electron chi connectivity index (χ4n) is 4.13. The predicted octanol–water partition coefficient (Wildman–Crippen LogP) is 3.59. The van der Waals surface area contributed by atoms with Gasteiger partial charge in [0.05, 0.1) is 17.6 Å². The molecular formula is C20H25N5OS. The molecule has 0 spiro atoms. The number of rotatable bonds is 5. The molecule has 1 aromatic carbocycles. The van der Waals surface area contributed by atoms with Crippen LogP contribution in [0.25, 0.3) is 16.7 Å². The fourth-order valence-corrected chi connectivity index (χ4v) is 4.41. The molecule has 1 aliphatic rings. The lowest BCUT2D eigenvalue weighted by Crippen LogP contribution is -2.40. The van der Waals surface area contributed by atoms with E-state index in [1.54, 1.807) is 10.6 Å². The third-order valence-corrected chi connectivity index (χ3v) is 5.93. The van der Waals surface area contributed by atoms with Gasteiger partial charge in [-0.05, 0) is 43.6 Å². The Bertz CT molecular complexity index is 1110. The van der Waals surface area contributed by atoms with E-state index >= 15 is 0 Å². The van der Waals surface area contributed by atoms with E-state index in [1.807, 2.05) is 33.3 Å². The molecule has 3 aromatic rings. The van der Waals surface area contributed by atoms with Crippen molar-refractivity contribution in [2.75, 3.05) is 6.54 Å². The van der Waals surface area contributed by atoms with Crippen molar-refractivity contribution in [1.29, 1.82) is 0 Å². The highest BCUT2D eigenvalue weighted by molar-refractivity contribution is 7.71. The second kappa shape index (κ2) is 7.40. The van der Waals surface area contributed by atoms with E-state index in [2.05, 4.69) is 18.4 Å². The molecule has 1 atom stereocenters. The highest BCUT2D eigenvalue weighted by Gasteiger charge is 2.22. The zero-order chi connectivity index (χ0) is 19.0. The molecule has 142 valence electrons. The molecule has 2 aromatic heterocycles. The molecule has 0 N–H and O–H groups in total. The second-order valence-corrected chi connectivity index (χ2v) is 7.52. The Morgan fingerprint density at radius 3 is 2.93 bits per heavy atom. The molecule has 4 rings (SSSR count). The summed E-state index contributed by atoms with van der Waals surface area (Å²) in [6, 6.07) is 8.14. The molecule has 0 aliphatic carbocycles. The molecule has 1 fully saturated rings. The summed E-state index contributed by atoms with van der Waals surface area (Å²) in [7, 11) is 0. The summed E-state index contributed by atoms with van der Waals surface area (Å²) in [6.07, 6.45) is 6.57. The van der Waals surface area contributed by atoms with Crippen molar-refractivity contribution in [1.82, 2.24) is 23.6 Å². The van der Waals surface area contributed by atoms with Gasteiger partial charge < -0.3 is 0 Å². The largest absolute Gasteiger partial charge is 0.281 e.